The molecule has 0 spiro atoms. The van der Waals surface area contributed by atoms with Crippen molar-refractivity contribution >= 4 is 38.2 Å². The molecular formula is C10H13BrN2O3S. The summed E-state index contributed by atoms with van der Waals surface area (Å²) in [6.07, 6.45) is 0. The van der Waals surface area contributed by atoms with Gasteiger partial charge in [-0.2, -0.15) is 0 Å². The fourth-order valence-electron chi connectivity index (χ4n) is 1.37. The van der Waals surface area contributed by atoms with Gasteiger partial charge in [0.1, 0.15) is 0 Å². The van der Waals surface area contributed by atoms with Crippen molar-refractivity contribution in [2.24, 2.45) is 0 Å². The number of carbonyl (C=O) groups is 1. The van der Waals surface area contributed by atoms with Gasteiger partial charge in [0.2, 0.25) is 0 Å². The Hall–Kier alpha value is -0.950. The molecule has 17 heavy (non-hydrogen) atoms. The standard InChI is InChI=1S/C10H13BrN2O3S/c1-7(2)12(6-5-11)10(14)8-3-4-9(17-8)13(15)16/h3-4,7H,5-6H2,1-2H3. The third-order valence-electron chi connectivity index (χ3n) is 2.19. The van der Waals surface area contributed by atoms with Crippen LogP contribution in [0.5, 0.6) is 0 Å². The van der Waals surface area contributed by atoms with Crippen LogP contribution < -0.4 is 0 Å². The van der Waals surface area contributed by atoms with E-state index >= 15 is 0 Å². The molecule has 0 aliphatic heterocycles. The second-order valence-electron chi connectivity index (χ2n) is 3.68. The number of halogens is 1. The van der Waals surface area contributed by atoms with Gasteiger partial charge in [0.25, 0.3) is 5.91 Å². The number of amides is 1. The largest absolute Gasteiger partial charge is 0.335 e. The van der Waals surface area contributed by atoms with Gasteiger partial charge in [0, 0.05) is 24.0 Å². The lowest BCUT2D eigenvalue weighted by molar-refractivity contribution is -0.380. The smallest absolute Gasteiger partial charge is 0.324 e. The summed E-state index contributed by atoms with van der Waals surface area (Å²) in [6, 6.07) is 2.94. The van der Waals surface area contributed by atoms with Crippen molar-refractivity contribution in [3.63, 3.8) is 0 Å². The molecule has 0 aliphatic rings. The van der Waals surface area contributed by atoms with E-state index in [2.05, 4.69) is 15.9 Å². The molecule has 94 valence electrons. The summed E-state index contributed by atoms with van der Waals surface area (Å²) in [6.45, 7) is 4.42. The number of nitro groups is 1. The third kappa shape index (κ3) is 3.50. The summed E-state index contributed by atoms with van der Waals surface area (Å²) in [5, 5.41) is 11.2. The van der Waals surface area contributed by atoms with Gasteiger partial charge in [-0.1, -0.05) is 27.3 Å². The molecule has 0 atom stereocenters. The van der Waals surface area contributed by atoms with Crippen molar-refractivity contribution in [1.29, 1.82) is 0 Å². The minimum absolute atomic E-state index is 0.00380. The van der Waals surface area contributed by atoms with Gasteiger partial charge >= 0.3 is 5.00 Å². The van der Waals surface area contributed by atoms with Gasteiger partial charge in [-0.15, -0.1) is 0 Å². The number of thiophene rings is 1. The van der Waals surface area contributed by atoms with Crippen molar-refractivity contribution < 1.29 is 9.72 Å². The Kier molecular flexibility index (Phi) is 5.07. The molecule has 1 aromatic rings. The van der Waals surface area contributed by atoms with E-state index in [0.717, 1.165) is 11.3 Å². The number of alkyl halides is 1. The molecule has 1 amide bonds. The summed E-state index contributed by atoms with van der Waals surface area (Å²) in [5.74, 6) is -0.155. The van der Waals surface area contributed by atoms with E-state index in [1.54, 1.807) is 4.90 Å². The van der Waals surface area contributed by atoms with Crippen LogP contribution in [0.25, 0.3) is 0 Å². The molecule has 1 heterocycles. The minimum atomic E-state index is -0.481. The molecule has 0 N–H and O–H groups in total. The van der Waals surface area contributed by atoms with E-state index in [0.29, 0.717) is 16.8 Å². The molecule has 0 radical (unpaired) electrons. The fraction of sp³-hybridized carbons (Fsp3) is 0.500. The molecule has 0 aromatic carbocycles. The maximum atomic E-state index is 12.1. The highest BCUT2D eigenvalue weighted by molar-refractivity contribution is 9.09. The molecule has 0 saturated heterocycles. The summed E-state index contributed by atoms with van der Waals surface area (Å²) in [4.78, 5) is 24.3. The molecule has 0 bridgehead atoms. The predicted octanol–water partition coefficient (Wildman–Crippen LogP) is 2.90. The first-order chi connectivity index (χ1) is 7.97. The Balaban J connectivity index is 2.89. The number of hydrogen-bond donors (Lipinski definition) is 0. The van der Waals surface area contributed by atoms with Crippen LogP contribution in [0.4, 0.5) is 5.00 Å². The summed E-state index contributed by atoms with van der Waals surface area (Å²) in [7, 11) is 0. The molecule has 1 rings (SSSR count). The van der Waals surface area contributed by atoms with Crippen LogP contribution in [-0.4, -0.2) is 33.6 Å². The highest BCUT2D eigenvalue weighted by Crippen LogP contribution is 2.25. The van der Waals surface area contributed by atoms with Gasteiger partial charge in [-0.05, 0) is 19.9 Å². The SMILES string of the molecule is CC(C)N(CCBr)C(=O)c1ccc([N+](=O)[O-])s1. The van der Waals surface area contributed by atoms with Crippen LogP contribution in [0.3, 0.4) is 0 Å². The monoisotopic (exact) mass is 320 g/mol. The lowest BCUT2D eigenvalue weighted by Gasteiger charge is -2.25. The lowest BCUT2D eigenvalue weighted by atomic mass is 10.3. The molecule has 1 aromatic heterocycles. The predicted molar refractivity (Wildman–Crippen MR) is 70.9 cm³/mol. The molecule has 0 unspecified atom stereocenters. The number of rotatable bonds is 5. The van der Waals surface area contributed by atoms with Crippen molar-refractivity contribution in [1.82, 2.24) is 4.90 Å². The highest BCUT2D eigenvalue weighted by Gasteiger charge is 2.22. The van der Waals surface area contributed by atoms with Crippen LogP contribution in [0, 0.1) is 10.1 Å². The third-order valence-corrected chi connectivity index (χ3v) is 3.57. The normalized spacial score (nSPS) is 10.6. The number of hydrogen-bond acceptors (Lipinski definition) is 4. The van der Waals surface area contributed by atoms with Crippen molar-refractivity contribution in [2.45, 2.75) is 19.9 Å². The zero-order valence-electron chi connectivity index (χ0n) is 9.55. The Morgan fingerprint density at radius 2 is 2.24 bits per heavy atom. The first-order valence-corrected chi connectivity index (χ1v) is 7.02. The van der Waals surface area contributed by atoms with Crippen molar-refractivity contribution in [3.8, 4) is 0 Å². The van der Waals surface area contributed by atoms with Crippen LogP contribution >= 0.6 is 27.3 Å². The van der Waals surface area contributed by atoms with E-state index in [1.165, 1.54) is 12.1 Å². The topological polar surface area (TPSA) is 63.5 Å². The molecule has 5 nitrogen and oxygen atoms in total. The minimum Gasteiger partial charge on any atom is -0.335 e. The fourth-order valence-corrected chi connectivity index (χ4v) is 2.53. The number of nitrogens with zero attached hydrogens (tertiary/aromatic N) is 2. The second-order valence-corrected chi connectivity index (χ2v) is 5.53. The lowest BCUT2D eigenvalue weighted by Crippen LogP contribution is -2.37. The van der Waals surface area contributed by atoms with Crippen LogP contribution in [0.2, 0.25) is 0 Å². The van der Waals surface area contributed by atoms with E-state index in [-0.39, 0.29) is 17.0 Å². The second kappa shape index (κ2) is 6.11. The van der Waals surface area contributed by atoms with Crippen LogP contribution in [-0.2, 0) is 0 Å². The highest BCUT2D eigenvalue weighted by atomic mass is 79.9. The Labute approximate surface area is 112 Å². The summed E-state index contributed by atoms with van der Waals surface area (Å²) < 4.78 is 0. The first-order valence-electron chi connectivity index (χ1n) is 5.08. The zero-order chi connectivity index (χ0) is 13.0. The maximum Gasteiger partial charge on any atom is 0.324 e. The van der Waals surface area contributed by atoms with Gasteiger partial charge in [-0.3, -0.25) is 14.9 Å². The van der Waals surface area contributed by atoms with Crippen molar-refractivity contribution in [2.75, 3.05) is 11.9 Å². The molecule has 0 fully saturated rings. The van der Waals surface area contributed by atoms with Crippen LogP contribution in [0.1, 0.15) is 23.5 Å². The summed E-state index contributed by atoms with van der Waals surface area (Å²) >= 11 is 4.20. The molecule has 7 heteroatoms. The van der Waals surface area contributed by atoms with Crippen molar-refractivity contribution in [3.05, 3.63) is 27.1 Å². The average Bonchev–Trinajstić information content (AvgIpc) is 2.73. The molecule has 0 saturated carbocycles. The van der Waals surface area contributed by atoms with Gasteiger partial charge in [0.15, 0.2) is 0 Å². The average molecular weight is 321 g/mol. The molecular weight excluding hydrogens is 308 g/mol. The van der Waals surface area contributed by atoms with E-state index in [4.69, 9.17) is 0 Å². The number of carbonyl (C=O) groups excluding carboxylic acids is 1. The zero-order valence-corrected chi connectivity index (χ0v) is 12.0. The van der Waals surface area contributed by atoms with E-state index in [9.17, 15) is 14.9 Å². The Morgan fingerprint density at radius 3 is 2.65 bits per heavy atom. The quantitative estimate of drug-likeness (QED) is 0.476. The summed E-state index contributed by atoms with van der Waals surface area (Å²) in [5.41, 5.74) is 0. The van der Waals surface area contributed by atoms with Gasteiger partial charge in [-0.25, -0.2) is 0 Å². The van der Waals surface area contributed by atoms with Crippen LogP contribution in [0.15, 0.2) is 12.1 Å². The molecule has 0 aliphatic carbocycles. The van der Waals surface area contributed by atoms with Gasteiger partial charge in [0.05, 0.1) is 9.80 Å². The van der Waals surface area contributed by atoms with E-state index in [1.807, 2.05) is 13.8 Å². The first kappa shape index (κ1) is 14.1. The van der Waals surface area contributed by atoms with Gasteiger partial charge < -0.3 is 4.90 Å². The maximum absolute atomic E-state index is 12.1. The Morgan fingerprint density at radius 1 is 1.59 bits per heavy atom. The Bertz CT molecular complexity index is 419. The van der Waals surface area contributed by atoms with E-state index < -0.39 is 4.92 Å².